The van der Waals surface area contributed by atoms with Crippen LogP contribution in [0.5, 0.6) is 5.75 Å². The number of aliphatic hydroxyl groups excluding tert-OH is 1. The third-order valence-electron chi connectivity index (χ3n) is 3.46. The Labute approximate surface area is 140 Å². The van der Waals surface area contributed by atoms with Gasteiger partial charge >= 0.3 is 5.30 Å². The van der Waals surface area contributed by atoms with Crippen LogP contribution in [-0.4, -0.2) is 17.5 Å². The molecule has 2 aromatic rings. The van der Waals surface area contributed by atoms with Crippen molar-refractivity contribution in [3.8, 4) is 5.75 Å². The van der Waals surface area contributed by atoms with Gasteiger partial charge in [-0.25, -0.2) is 4.79 Å². The van der Waals surface area contributed by atoms with Gasteiger partial charge in [0.15, 0.2) is 0 Å². The SMILES string of the molecule is COC(=O)Sc1cccc(CO)c1COc1ccc(C)cc1C. The first-order valence-corrected chi connectivity index (χ1v) is 8.04. The fourth-order valence-corrected chi connectivity index (χ4v) is 2.98. The average Bonchev–Trinajstić information content (AvgIpc) is 2.54. The third-order valence-corrected chi connectivity index (χ3v) is 4.40. The second-order valence-corrected chi connectivity index (χ2v) is 6.14. The van der Waals surface area contributed by atoms with Gasteiger partial charge in [0.05, 0.1) is 13.7 Å². The minimum atomic E-state index is -0.396. The second kappa shape index (κ2) is 8.04. The van der Waals surface area contributed by atoms with Crippen molar-refractivity contribution in [3.63, 3.8) is 0 Å². The van der Waals surface area contributed by atoms with Crippen molar-refractivity contribution >= 4 is 17.1 Å². The summed E-state index contributed by atoms with van der Waals surface area (Å²) in [5.74, 6) is 0.789. The summed E-state index contributed by atoms with van der Waals surface area (Å²) in [6.45, 7) is 4.19. The lowest BCUT2D eigenvalue weighted by atomic mass is 10.1. The maximum Gasteiger partial charge on any atom is 0.371 e. The first kappa shape index (κ1) is 17.4. The van der Waals surface area contributed by atoms with Gasteiger partial charge in [0.1, 0.15) is 12.4 Å². The normalized spacial score (nSPS) is 10.4. The van der Waals surface area contributed by atoms with Gasteiger partial charge in [0.25, 0.3) is 0 Å². The summed E-state index contributed by atoms with van der Waals surface area (Å²) in [5.41, 5.74) is 3.76. The Kier molecular flexibility index (Phi) is 6.07. The number of hydrogen-bond donors (Lipinski definition) is 1. The summed E-state index contributed by atoms with van der Waals surface area (Å²) in [5, 5.41) is 9.15. The van der Waals surface area contributed by atoms with Crippen molar-refractivity contribution in [1.29, 1.82) is 0 Å². The number of aliphatic hydroxyl groups is 1. The fraction of sp³-hybridized carbons (Fsp3) is 0.278. The van der Waals surface area contributed by atoms with E-state index in [0.29, 0.717) is 0 Å². The molecule has 0 aliphatic rings. The molecule has 0 aliphatic heterocycles. The molecule has 0 unspecified atom stereocenters. The van der Waals surface area contributed by atoms with Crippen LogP contribution in [0.25, 0.3) is 0 Å². The van der Waals surface area contributed by atoms with Gasteiger partial charge in [-0.15, -0.1) is 0 Å². The van der Waals surface area contributed by atoms with E-state index in [9.17, 15) is 9.90 Å². The van der Waals surface area contributed by atoms with Crippen LogP contribution in [0.15, 0.2) is 41.3 Å². The molecule has 5 heteroatoms. The Morgan fingerprint density at radius 1 is 1.22 bits per heavy atom. The Hall–Kier alpha value is -1.98. The van der Waals surface area contributed by atoms with E-state index in [1.54, 1.807) is 6.07 Å². The molecule has 0 radical (unpaired) electrons. The van der Waals surface area contributed by atoms with Gasteiger partial charge in [0.2, 0.25) is 0 Å². The summed E-state index contributed by atoms with van der Waals surface area (Å²) in [4.78, 5) is 12.3. The van der Waals surface area contributed by atoms with E-state index in [2.05, 4.69) is 6.07 Å². The number of carbonyl (C=O) groups is 1. The van der Waals surface area contributed by atoms with E-state index in [4.69, 9.17) is 9.47 Å². The van der Waals surface area contributed by atoms with Crippen LogP contribution in [0.2, 0.25) is 0 Å². The van der Waals surface area contributed by atoms with Crippen molar-refractivity contribution in [2.45, 2.75) is 32.0 Å². The monoisotopic (exact) mass is 332 g/mol. The molecule has 0 saturated carbocycles. The summed E-state index contributed by atoms with van der Waals surface area (Å²) < 4.78 is 10.6. The van der Waals surface area contributed by atoms with E-state index in [1.165, 1.54) is 12.7 Å². The van der Waals surface area contributed by atoms with Crippen LogP contribution in [0, 0.1) is 13.8 Å². The van der Waals surface area contributed by atoms with Crippen molar-refractivity contribution in [2.24, 2.45) is 0 Å². The first-order valence-electron chi connectivity index (χ1n) is 7.22. The number of hydrogen-bond acceptors (Lipinski definition) is 5. The molecule has 2 rings (SSSR count). The molecule has 0 saturated heterocycles. The Morgan fingerprint density at radius 3 is 2.65 bits per heavy atom. The molecule has 0 amide bonds. The molecule has 0 spiro atoms. The number of thioether (sulfide) groups is 1. The summed E-state index contributed by atoms with van der Waals surface area (Å²) in [6.07, 6.45) is 0. The van der Waals surface area contributed by atoms with Gasteiger partial charge in [-0.05, 0) is 48.9 Å². The van der Waals surface area contributed by atoms with Gasteiger partial charge in [-0.1, -0.05) is 29.8 Å². The second-order valence-electron chi connectivity index (χ2n) is 5.17. The van der Waals surface area contributed by atoms with Crippen LogP contribution in [-0.2, 0) is 18.0 Å². The van der Waals surface area contributed by atoms with E-state index in [0.717, 1.165) is 39.1 Å². The highest BCUT2D eigenvalue weighted by atomic mass is 32.2. The minimum absolute atomic E-state index is 0.110. The zero-order valence-electron chi connectivity index (χ0n) is 13.5. The number of rotatable bonds is 5. The Bertz CT molecular complexity index is 697. The lowest BCUT2D eigenvalue weighted by Crippen LogP contribution is -2.04. The summed E-state index contributed by atoms with van der Waals surface area (Å²) >= 11 is 0.989. The van der Waals surface area contributed by atoms with Crippen molar-refractivity contribution in [3.05, 3.63) is 58.7 Å². The Balaban J connectivity index is 2.24. The zero-order valence-corrected chi connectivity index (χ0v) is 14.3. The van der Waals surface area contributed by atoms with E-state index in [-0.39, 0.29) is 13.2 Å². The van der Waals surface area contributed by atoms with Crippen molar-refractivity contribution in [1.82, 2.24) is 0 Å². The van der Waals surface area contributed by atoms with Crippen molar-refractivity contribution in [2.75, 3.05) is 7.11 Å². The number of methoxy groups -OCH3 is 1. The molecule has 0 aliphatic carbocycles. The number of carbonyl (C=O) groups excluding carboxylic acids is 1. The molecular formula is C18H20O4S. The molecule has 0 atom stereocenters. The largest absolute Gasteiger partial charge is 0.489 e. The highest BCUT2D eigenvalue weighted by Crippen LogP contribution is 2.29. The third kappa shape index (κ3) is 4.50. The lowest BCUT2D eigenvalue weighted by Gasteiger charge is -2.15. The average molecular weight is 332 g/mol. The van der Waals surface area contributed by atoms with Crippen LogP contribution in [0.3, 0.4) is 0 Å². The molecule has 0 fully saturated rings. The predicted molar refractivity (Wildman–Crippen MR) is 90.9 cm³/mol. The van der Waals surface area contributed by atoms with Gasteiger partial charge < -0.3 is 14.6 Å². The van der Waals surface area contributed by atoms with Gasteiger partial charge in [0, 0.05) is 10.5 Å². The van der Waals surface area contributed by atoms with E-state index >= 15 is 0 Å². The molecule has 1 N–H and O–H groups in total. The highest BCUT2D eigenvalue weighted by molar-refractivity contribution is 8.13. The molecule has 0 bridgehead atoms. The molecule has 0 aromatic heterocycles. The Morgan fingerprint density at radius 2 is 2.00 bits per heavy atom. The quantitative estimate of drug-likeness (QED) is 0.656. The standard InChI is InChI=1S/C18H20O4S/c1-12-7-8-16(13(2)9-12)22-11-15-14(10-19)5-4-6-17(15)23-18(20)21-3/h4-9,19H,10-11H2,1-3H3. The van der Waals surface area contributed by atoms with Gasteiger partial charge in [-0.3, -0.25) is 0 Å². The molecule has 23 heavy (non-hydrogen) atoms. The maximum absolute atomic E-state index is 11.5. The summed E-state index contributed by atoms with van der Waals surface area (Å²) in [6, 6.07) is 11.4. The smallest absolute Gasteiger partial charge is 0.371 e. The minimum Gasteiger partial charge on any atom is -0.489 e. The zero-order chi connectivity index (χ0) is 16.8. The number of ether oxygens (including phenoxy) is 2. The first-order chi connectivity index (χ1) is 11.0. The molecule has 0 heterocycles. The number of aryl methyl sites for hydroxylation is 2. The molecule has 4 nitrogen and oxygen atoms in total. The maximum atomic E-state index is 11.5. The van der Waals surface area contributed by atoms with Crippen molar-refractivity contribution < 1.29 is 19.4 Å². The van der Waals surface area contributed by atoms with E-state index < -0.39 is 5.30 Å². The van der Waals surface area contributed by atoms with Crippen LogP contribution >= 0.6 is 11.8 Å². The molecule has 122 valence electrons. The van der Waals surface area contributed by atoms with Crippen LogP contribution < -0.4 is 4.74 Å². The summed E-state index contributed by atoms with van der Waals surface area (Å²) in [7, 11) is 1.34. The molecule has 2 aromatic carbocycles. The topological polar surface area (TPSA) is 55.8 Å². The predicted octanol–water partition coefficient (Wildman–Crippen LogP) is 4.23. The number of benzene rings is 2. The fourth-order valence-electron chi connectivity index (χ4n) is 2.26. The lowest BCUT2D eigenvalue weighted by molar-refractivity contribution is 0.200. The van der Waals surface area contributed by atoms with Crippen LogP contribution in [0.4, 0.5) is 4.79 Å². The highest BCUT2D eigenvalue weighted by Gasteiger charge is 2.14. The van der Waals surface area contributed by atoms with E-state index in [1.807, 2.05) is 38.1 Å². The van der Waals surface area contributed by atoms with Crippen LogP contribution in [0.1, 0.15) is 22.3 Å². The molecular weight excluding hydrogens is 312 g/mol. The van der Waals surface area contributed by atoms with Gasteiger partial charge in [-0.2, -0.15) is 0 Å².